The van der Waals surface area contributed by atoms with E-state index in [4.69, 9.17) is 0 Å². The molecule has 0 radical (unpaired) electrons. The van der Waals surface area contributed by atoms with E-state index < -0.39 is 0 Å². The van der Waals surface area contributed by atoms with Gasteiger partial charge in [-0.25, -0.2) is 9.97 Å². The molecule has 0 atom stereocenters. The Hall–Kier alpha value is -1.85. The van der Waals surface area contributed by atoms with Crippen LogP contribution in [0.4, 0.5) is 11.6 Å². The standard InChI is InChI=1S/C12H21N5O/c1-5-13-11-9(2)12(16-8-15-11)14-7-6-10(18)17(3)4/h8H,5-7H2,1-4H3,(H2,13,14,15,16). The summed E-state index contributed by atoms with van der Waals surface area (Å²) in [7, 11) is 3.50. The van der Waals surface area contributed by atoms with E-state index >= 15 is 0 Å². The van der Waals surface area contributed by atoms with Gasteiger partial charge >= 0.3 is 0 Å². The molecule has 100 valence electrons. The van der Waals surface area contributed by atoms with Crippen molar-refractivity contribution in [2.45, 2.75) is 20.3 Å². The number of amides is 1. The molecule has 0 unspecified atom stereocenters. The fourth-order valence-corrected chi connectivity index (χ4v) is 1.49. The number of carbonyl (C=O) groups is 1. The van der Waals surface area contributed by atoms with Crippen molar-refractivity contribution in [3.63, 3.8) is 0 Å². The van der Waals surface area contributed by atoms with Gasteiger partial charge in [-0.2, -0.15) is 0 Å². The second-order valence-corrected chi connectivity index (χ2v) is 4.19. The zero-order chi connectivity index (χ0) is 13.5. The predicted octanol–water partition coefficient (Wildman–Crippen LogP) is 1.11. The fraction of sp³-hybridized carbons (Fsp3) is 0.583. The van der Waals surface area contributed by atoms with E-state index in [1.807, 2.05) is 13.8 Å². The molecule has 0 fully saturated rings. The molecule has 1 aromatic rings. The second-order valence-electron chi connectivity index (χ2n) is 4.19. The van der Waals surface area contributed by atoms with Gasteiger partial charge in [-0.05, 0) is 13.8 Å². The Bertz CT molecular complexity index is 405. The van der Waals surface area contributed by atoms with Crippen LogP contribution in [0.1, 0.15) is 18.9 Å². The molecule has 0 aliphatic carbocycles. The van der Waals surface area contributed by atoms with Crippen molar-refractivity contribution in [3.8, 4) is 0 Å². The van der Waals surface area contributed by atoms with E-state index in [0.29, 0.717) is 13.0 Å². The maximum Gasteiger partial charge on any atom is 0.223 e. The highest BCUT2D eigenvalue weighted by Gasteiger charge is 2.07. The molecule has 0 spiro atoms. The third kappa shape index (κ3) is 3.87. The number of hydrogen-bond donors (Lipinski definition) is 2. The van der Waals surface area contributed by atoms with Crippen LogP contribution in [0.2, 0.25) is 0 Å². The number of hydrogen-bond acceptors (Lipinski definition) is 5. The Morgan fingerprint density at radius 2 is 1.89 bits per heavy atom. The van der Waals surface area contributed by atoms with Crippen LogP contribution in [0.5, 0.6) is 0 Å². The first-order valence-electron chi connectivity index (χ1n) is 6.05. The SMILES string of the molecule is CCNc1ncnc(NCCC(=O)N(C)C)c1C. The van der Waals surface area contributed by atoms with Gasteiger partial charge in [-0.3, -0.25) is 4.79 Å². The largest absolute Gasteiger partial charge is 0.370 e. The molecule has 0 bridgehead atoms. The Morgan fingerprint density at radius 3 is 2.44 bits per heavy atom. The molecule has 6 nitrogen and oxygen atoms in total. The van der Waals surface area contributed by atoms with Crippen LogP contribution < -0.4 is 10.6 Å². The minimum atomic E-state index is 0.0983. The highest BCUT2D eigenvalue weighted by molar-refractivity contribution is 5.76. The lowest BCUT2D eigenvalue weighted by Crippen LogP contribution is -2.24. The molecule has 18 heavy (non-hydrogen) atoms. The van der Waals surface area contributed by atoms with Crippen LogP contribution in [0.25, 0.3) is 0 Å². The van der Waals surface area contributed by atoms with Crippen molar-refractivity contribution < 1.29 is 4.79 Å². The van der Waals surface area contributed by atoms with Gasteiger partial charge in [0.2, 0.25) is 5.91 Å². The number of anilines is 2. The molecular weight excluding hydrogens is 230 g/mol. The first kappa shape index (κ1) is 14.2. The number of aromatic nitrogens is 2. The lowest BCUT2D eigenvalue weighted by Gasteiger charge is -2.13. The molecule has 1 aromatic heterocycles. The van der Waals surface area contributed by atoms with Crippen LogP contribution in [0.15, 0.2) is 6.33 Å². The van der Waals surface area contributed by atoms with E-state index in [1.54, 1.807) is 19.0 Å². The molecule has 1 heterocycles. The van der Waals surface area contributed by atoms with Crippen LogP contribution in [-0.2, 0) is 4.79 Å². The van der Waals surface area contributed by atoms with Crippen molar-refractivity contribution in [1.29, 1.82) is 0 Å². The van der Waals surface area contributed by atoms with Crippen LogP contribution in [0.3, 0.4) is 0 Å². The summed E-state index contributed by atoms with van der Waals surface area (Å²) in [6.45, 7) is 5.36. The minimum absolute atomic E-state index is 0.0983. The third-order valence-corrected chi connectivity index (χ3v) is 2.56. The van der Waals surface area contributed by atoms with E-state index in [9.17, 15) is 4.79 Å². The van der Waals surface area contributed by atoms with Crippen LogP contribution in [-0.4, -0.2) is 48.0 Å². The second kappa shape index (κ2) is 6.78. The van der Waals surface area contributed by atoms with Gasteiger partial charge < -0.3 is 15.5 Å². The van der Waals surface area contributed by atoms with Crippen LogP contribution >= 0.6 is 0 Å². The number of rotatable bonds is 6. The molecule has 0 aromatic carbocycles. The Kier molecular flexibility index (Phi) is 5.35. The molecule has 0 aliphatic rings. The summed E-state index contributed by atoms with van der Waals surface area (Å²) in [5.41, 5.74) is 0.969. The van der Waals surface area contributed by atoms with Gasteiger partial charge in [0.05, 0.1) is 0 Å². The topological polar surface area (TPSA) is 70.1 Å². The average Bonchev–Trinajstić information content (AvgIpc) is 2.33. The maximum atomic E-state index is 11.4. The van der Waals surface area contributed by atoms with E-state index in [1.165, 1.54) is 6.33 Å². The van der Waals surface area contributed by atoms with Crippen molar-refractivity contribution in [1.82, 2.24) is 14.9 Å². The molecule has 6 heteroatoms. The zero-order valence-corrected chi connectivity index (χ0v) is 11.4. The van der Waals surface area contributed by atoms with Crippen molar-refractivity contribution in [2.75, 3.05) is 37.8 Å². The third-order valence-electron chi connectivity index (χ3n) is 2.56. The summed E-state index contributed by atoms with van der Waals surface area (Å²) >= 11 is 0. The monoisotopic (exact) mass is 251 g/mol. The van der Waals surface area contributed by atoms with Crippen molar-refractivity contribution in [3.05, 3.63) is 11.9 Å². The molecule has 0 aliphatic heterocycles. The molecule has 2 N–H and O–H groups in total. The summed E-state index contributed by atoms with van der Waals surface area (Å²) in [5, 5.41) is 6.33. The summed E-state index contributed by atoms with van der Waals surface area (Å²) in [4.78, 5) is 21.3. The van der Waals surface area contributed by atoms with Gasteiger partial charge in [0, 0.05) is 39.2 Å². The first-order chi connectivity index (χ1) is 8.56. The van der Waals surface area contributed by atoms with Gasteiger partial charge in [0.1, 0.15) is 18.0 Å². The number of nitrogens with one attached hydrogen (secondary N) is 2. The quantitative estimate of drug-likeness (QED) is 0.792. The molecule has 1 rings (SSSR count). The number of nitrogens with zero attached hydrogens (tertiary/aromatic N) is 3. The summed E-state index contributed by atoms with van der Waals surface area (Å²) in [5.74, 6) is 1.70. The van der Waals surface area contributed by atoms with Crippen molar-refractivity contribution in [2.24, 2.45) is 0 Å². The smallest absolute Gasteiger partial charge is 0.223 e. The van der Waals surface area contributed by atoms with Crippen molar-refractivity contribution >= 4 is 17.5 Å². The van der Waals surface area contributed by atoms with Gasteiger partial charge in [-0.1, -0.05) is 0 Å². The average molecular weight is 251 g/mol. The van der Waals surface area contributed by atoms with E-state index in [0.717, 1.165) is 23.7 Å². The van der Waals surface area contributed by atoms with Gasteiger partial charge in [0.15, 0.2) is 0 Å². The molecule has 0 saturated heterocycles. The molecule has 1 amide bonds. The van der Waals surface area contributed by atoms with Gasteiger partial charge in [-0.15, -0.1) is 0 Å². The van der Waals surface area contributed by atoms with Gasteiger partial charge in [0.25, 0.3) is 0 Å². The lowest BCUT2D eigenvalue weighted by molar-refractivity contribution is -0.128. The Balaban J connectivity index is 2.57. The predicted molar refractivity (Wildman–Crippen MR) is 72.7 cm³/mol. The first-order valence-corrected chi connectivity index (χ1v) is 6.05. The Labute approximate surface area is 108 Å². The van der Waals surface area contributed by atoms with E-state index in [2.05, 4.69) is 20.6 Å². The highest BCUT2D eigenvalue weighted by Crippen LogP contribution is 2.17. The fourth-order valence-electron chi connectivity index (χ4n) is 1.49. The Morgan fingerprint density at radius 1 is 1.28 bits per heavy atom. The zero-order valence-electron chi connectivity index (χ0n) is 11.4. The minimum Gasteiger partial charge on any atom is -0.370 e. The van der Waals surface area contributed by atoms with E-state index in [-0.39, 0.29) is 5.91 Å². The van der Waals surface area contributed by atoms with Crippen LogP contribution in [0, 0.1) is 6.92 Å². The summed E-state index contributed by atoms with van der Waals surface area (Å²) < 4.78 is 0. The maximum absolute atomic E-state index is 11.4. The summed E-state index contributed by atoms with van der Waals surface area (Å²) in [6.07, 6.45) is 1.97. The summed E-state index contributed by atoms with van der Waals surface area (Å²) in [6, 6.07) is 0. The highest BCUT2D eigenvalue weighted by atomic mass is 16.2. The lowest BCUT2D eigenvalue weighted by atomic mass is 10.3. The normalized spacial score (nSPS) is 10.0. The molecular formula is C12H21N5O. The molecule has 0 saturated carbocycles. The number of carbonyl (C=O) groups excluding carboxylic acids is 1.